The number of nitrogens with one attached hydrogen (secondary N) is 4. The fourth-order valence-corrected chi connectivity index (χ4v) is 7.52. The van der Waals surface area contributed by atoms with Crippen LogP contribution in [0.1, 0.15) is 253 Å². The molecule has 0 aromatic rings. The van der Waals surface area contributed by atoms with Crippen molar-refractivity contribution in [2.75, 3.05) is 40.0 Å². The van der Waals surface area contributed by atoms with Crippen LogP contribution in [0.25, 0.3) is 0 Å². The van der Waals surface area contributed by atoms with Gasteiger partial charge in [0.2, 0.25) is 0 Å². The van der Waals surface area contributed by atoms with Crippen molar-refractivity contribution in [1.82, 2.24) is 21.3 Å². The molecule has 0 radical (unpaired) electrons. The van der Waals surface area contributed by atoms with E-state index >= 15 is 0 Å². The number of esters is 1. The second-order valence-corrected chi connectivity index (χ2v) is 18.8. The highest BCUT2D eigenvalue weighted by Crippen LogP contribution is 2.23. The third kappa shape index (κ3) is 39.3. The Bertz CT molecular complexity index is 1010. The molecule has 4 amide bonds. The molecular formula is C51H102N4O6. The minimum atomic E-state index is -1.02. The lowest BCUT2D eigenvalue weighted by Crippen LogP contribution is -2.53. The van der Waals surface area contributed by atoms with Gasteiger partial charge in [-0.15, -0.1) is 0 Å². The number of hydrogen-bond acceptors (Lipinski definition) is 6. The number of ether oxygens (including phenoxy) is 3. The summed E-state index contributed by atoms with van der Waals surface area (Å²) in [7, 11) is 1.70. The van der Waals surface area contributed by atoms with E-state index in [4.69, 9.17) is 14.2 Å². The molecule has 2 unspecified atom stereocenters. The zero-order valence-corrected chi connectivity index (χ0v) is 41.4. The molecule has 0 aliphatic rings. The van der Waals surface area contributed by atoms with E-state index in [-0.39, 0.29) is 24.8 Å². The van der Waals surface area contributed by atoms with Crippen LogP contribution in [-0.4, -0.2) is 75.2 Å². The Morgan fingerprint density at radius 3 is 1.23 bits per heavy atom. The van der Waals surface area contributed by atoms with Crippen molar-refractivity contribution in [3.63, 3.8) is 0 Å². The van der Waals surface area contributed by atoms with Gasteiger partial charge in [-0.1, -0.05) is 201 Å². The maximum atomic E-state index is 13.3. The van der Waals surface area contributed by atoms with Crippen molar-refractivity contribution < 1.29 is 28.6 Å². The van der Waals surface area contributed by atoms with Gasteiger partial charge in [0.25, 0.3) is 0 Å². The third-order valence-electron chi connectivity index (χ3n) is 12.5. The van der Waals surface area contributed by atoms with Crippen LogP contribution in [0.5, 0.6) is 0 Å². The molecule has 0 aromatic carbocycles. The molecule has 0 aromatic heterocycles. The average molecular weight is 867 g/mol. The van der Waals surface area contributed by atoms with E-state index < -0.39 is 23.6 Å². The number of methoxy groups -OCH3 is 1. The molecule has 0 heterocycles. The molecule has 61 heavy (non-hydrogen) atoms. The molecule has 2 atom stereocenters. The van der Waals surface area contributed by atoms with Crippen LogP contribution in [0.2, 0.25) is 0 Å². The molecule has 0 spiro atoms. The Morgan fingerprint density at radius 1 is 0.475 bits per heavy atom. The second kappa shape index (κ2) is 41.9. The van der Waals surface area contributed by atoms with Gasteiger partial charge in [0.1, 0.15) is 6.04 Å². The van der Waals surface area contributed by atoms with Crippen LogP contribution >= 0.6 is 0 Å². The lowest BCUT2D eigenvalue weighted by atomic mass is 9.99. The summed E-state index contributed by atoms with van der Waals surface area (Å²) in [5, 5.41) is 11.3. The van der Waals surface area contributed by atoms with E-state index in [2.05, 4.69) is 42.0 Å². The summed E-state index contributed by atoms with van der Waals surface area (Å²) in [5.74, 6) is -0.580. The summed E-state index contributed by atoms with van der Waals surface area (Å²) < 4.78 is 17.4. The van der Waals surface area contributed by atoms with Gasteiger partial charge >= 0.3 is 18.0 Å². The molecule has 0 saturated carbocycles. The van der Waals surface area contributed by atoms with E-state index in [0.717, 1.165) is 38.5 Å². The number of hydrogen-bond donors (Lipinski definition) is 4. The first-order chi connectivity index (χ1) is 29.5. The highest BCUT2D eigenvalue weighted by atomic mass is 16.5. The van der Waals surface area contributed by atoms with Crippen LogP contribution in [0.4, 0.5) is 9.59 Å². The summed E-state index contributed by atoms with van der Waals surface area (Å²) >= 11 is 0. The smallest absolute Gasteiger partial charge is 0.330 e. The standard InChI is InChI=1S/C51H102N4O6/c1-8-11-13-15-17-19-21-23-25-26-28-30-32-34-36-38-42-53-49(58)55-46(47(56)60-43-40-51(6,10-3)61-44-39-50(4,5)59-7)45-54-48(57)52-41-37-35-33-31-29-27-24-22-20-18-16-14-12-9-2/h46H,8-45H2,1-7H3,(H2,52,54,57)(H2,53,55,58). The quantitative estimate of drug-likeness (QED) is 0.0357. The van der Waals surface area contributed by atoms with Gasteiger partial charge in [0, 0.05) is 26.6 Å². The first kappa shape index (κ1) is 58.9. The number of urea groups is 2. The summed E-state index contributed by atoms with van der Waals surface area (Å²) in [6, 6.07) is -1.81. The highest BCUT2D eigenvalue weighted by Gasteiger charge is 2.28. The molecule has 0 aliphatic heterocycles. The molecule has 10 heteroatoms. The van der Waals surface area contributed by atoms with Gasteiger partial charge in [-0.3, -0.25) is 0 Å². The van der Waals surface area contributed by atoms with Gasteiger partial charge in [-0.05, 0) is 46.5 Å². The topological polar surface area (TPSA) is 127 Å². The van der Waals surface area contributed by atoms with Gasteiger partial charge in [-0.2, -0.15) is 0 Å². The molecule has 362 valence electrons. The Labute approximate surface area is 377 Å². The third-order valence-corrected chi connectivity index (χ3v) is 12.5. The predicted molar refractivity (Wildman–Crippen MR) is 258 cm³/mol. The van der Waals surface area contributed by atoms with Crippen molar-refractivity contribution in [2.24, 2.45) is 0 Å². The summed E-state index contributed by atoms with van der Waals surface area (Å²) in [5.41, 5.74) is -0.749. The zero-order valence-electron chi connectivity index (χ0n) is 41.4. The first-order valence-electron chi connectivity index (χ1n) is 25.9. The highest BCUT2D eigenvalue weighted by molar-refractivity contribution is 5.84. The minimum absolute atomic E-state index is 0.0660. The number of amides is 4. The molecule has 0 aliphatic carbocycles. The fourth-order valence-electron chi connectivity index (χ4n) is 7.52. The minimum Gasteiger partial charge on any atom is -0.464 e. The van der Waals surface area contributed by atoms with E-state index in [9.17, 15) is 14.4 Å². The summed E-state index contributed by atoms with van der Waals surface area (Å²) in [6.45, 7) is 14.4. The molecule has 0 rings (SSSR count). The molecule has 10 nitrogen and oxygen atoms in total. The predicted octanol–water partition coefficient (Wildman–Crippen LogP) is 13.6. The Balaban J connectivity index is 4.55. The van der Waals surface area contributed by atoms with Crippen LogP contribution in [-0.2, 0) is 19.0 Å². The van der Waals surface area contributed by atoms with Crippen LogP contribution in [0, 0.1) is 0 Å². The number of rotatable bonds is 45. The van der Waals surface area contributed by atoms with E-state index in [1.54, 1.807) is 7.11 Å². The van der Waals surface area contributed by atoms with Gasteiger partial charge in [-0.25, -0.2) is 14.4 Å². The maximum absolute atomic E-state index is 13.3. The van der Waals surface area contributed by atoms with E-state index in [0.29, 0.717) is 26.1 Å². The molecular weight excluding hydrogens is 765 g/mol. The maximum Gasteiger partial charge on any atom is 0.330 e. The summed E-state index contributed by atoms with van der Waals surface area (Å²) in [4.78, 5) is 38.9. The average Bonchev–Trinajstić information content (AvgIpc) is 3.24. The monoisotopic (exact) mass is 867 g/mol. The van der Waals surface area contributed by atoms with Crippen LogP contribution in [0.15, 0.2) is 0 Å². The normalized spacial score (nSPS) is 13.1. The van der Waals surface area contributed by atoms with Crippen LogP contribution in [0.3, 0.4) is 0 Å². The lowest BCUT2D eigenvalue weighted by Gasteiger charge is -2.31. The van der Waals surface area contributed by atoms with Crippen LogP contribution < -0.4 is 21.3 Å². The Kier molecular flexibility index (Phi) is 40.5. The first-order valence-corrected chi connectivity index (χ1v) is 25.9. The van der Waals surface area contributed by atoms with Crippen molar-refractivity contribution in [1.29, 1.82) is 0 Å². The molecule has 0 bridgehead atoms. The zero-order chi connectivity index (χ0) is 45.1. The number of carbonyl (C=O) groups is 3. The summed E-state index contributed by atoms with van der Waals surface area (Å²) in [6.07, 6.45) is 40.7. The Hall–Kier alpha value is -2.07. The largest absolute Gasteiger partial charge is 0.464 e. The van der Waals surface area contributed by atoms with Crippen molar-refractivity contribution in [3.05, 3.63) is 0 Å². The number of carbonyl (C=O) groups excluding carboxylic acids is 3. The molecule has 0 saturated heterocycles. The van der Waals surface area contributed by atoms with E-state index in [1.165, 1.54) is 167 Å². The van der Waals surface area contributed by atoms with Crippen molar-refractivity contribution in [2.45, 2.75) is 271 Å². The van der Waals surface area contributed by atoms with Gasteiger partial charge in [0.15, 0.2) is 0 Å². The molecule has 4 N–H and O–H groups in total. The van der Waals surface area contributed by atoms with Crippen molar-refractivity contribution in [3.8, 4) is 0 Å². The number of unbranched alkanes of at least 4 members (excludes halogenated alkanes) is 28. The van der Waals surface area contributed by atoms with E-state index in [1.807, 2.05) is 20.8 Å². The second-order valence-electron chi connectivity index (χ2n) is 18.8. The Morgan fingerprint density at radius 2 is 0.852 bits per heavy atom. The van der Waals surface area contributed by atoms with Gasteiger partial charge in [0.05, 0.1) is 31.0 Å². The SMILES string of the molecule is CCCCCCCCCCCCCCCCCCNC(=O)NC(CNC(=O)NCCCCCCCCCCCCCCCC)C(=O)OCCC(C)(CC)OCCC(C)(C)OC. The fraction of sp³-hybridized carbons (Fsp3) is 0.941. The lowest BCUT2D eigenvalue weighted by molar-refractivity contribution is -0.148. The van der Waals surface area contributed by atoms with Gasteiger partial charge < -0.3 is 35.5 Å². The molecule has 0 fully saturated rings. The van der Waals surface area contributed by atoms with Crippen molar-refractivity contribution >= 4 is 18.0 Å².